The fourth-order valence-electron chi connectivity index (χ4n) is 3.51. The van der Waals surface area contributed by atoms with Gasteiger partial charge in [-0.25, -0.2) is 0 Å². The number of hydrogen-bond acceptors (Lipinski definition) is 6. The van der Waals surface area contributed by atoms with Crippen LogP contribution in [0.4, 0.5) is 11.5 Å². The van der Waals surface area contributed by atoms with E-state index < -0.39 is 0 Å². The summed E-state index contributed by atoms with van der Waals surface area (Å²) in [5, 5.41) is 15.3. The van der Waals surface area contributed by atoms with Gasteiger partial charge in [-0.1, -0.05) is 6.92 Å². The molecule has 0 aliphatic carbocycles. The summed E-state index contributed by atoms with van der Waals surface area (Å²) in [5.41, 5.74) is 2.89. The van der Waals surface area contributed by atoms with Gasteiger partial charge >= 0.3 is 0 Å². The molecule has 178 valence electrons. The molecule has 0 saturated carbocycles. The van der Waals surface area contributed by atoms with Crippen molar-refractivity contribution in [2.45, 2.75) is 33.7 Å². The minimum atomic E-state index is -0.281. The third-order valence-corrected chi connectivity index (χ3v) is 5.48. The average Bonchev–Trinajstić information content (AvgIpc) is 3.02. The number of ether oxygens (including phenoxy) is 2. The maximum atomic E-state index is 12.8. The number of carbonyl (C=O) groups is 2. The van der Waals surface area contributed by atoms with Gasteiger partial charge in [0.1, 0.15) is 17.6 Å². The van der Waals surface area contributed by atoms with Crippen LogP contribution in [0.15, 0.2) is 24.3 Å². The number of aromatic nitrogens is 1. The van der Waals surface area contributed by atoms with E-state index >= 15 is 0 Å². The minimum Gasteiger partial charge on any atom is -0.497 e. The number of nitrogens with zero attached hydrogens (tertiary/aromatic N) is 3. The van der Waals surface area contributed by atoms with E-state index in [1.54, 1.807) is 43.4 Å². The lowest BCUT2D eigenvalue weighted by Crippen LogP contribution is -2.39. The first kappa shape index (κ1) is 25.9. The number of hydrogen-bond donors (Lipinski definition) is 2. The number of nitriles is 1. The van der Waals surface area contributed by atoms with Gasteiger partial charge in [-0.3, -0.25) is 14.5 Å². The standard InChI is InChI=1S/C24H33N5O4/c1-6-28(15-22(30)26-19-8-10-20(33-5)11-9-19)16-23(31)27-24-21(14-25)17(2)18(3)29(24)12-7-13-32-4/h8-11H,6-7,12-13,15-16H2,1-5H3,(H,26,30)(H,27,31). The molecule has 0 radical (unpaired) electrons. The maximum absolute atomic E-state index is 12.8. The predicted octanol–water partition coefficient (Wildman–Crippen LogP) is 2.92. The van der Waals surface area contributed by atoms with Crippen LogP contribution in [0.5, 0.6) is 5.75 Å². The second kappa shape index (κ2) is 12.6. The molecule has 0 unspecified atom stereocenters. The van der Waals surface area contributed by atoms with Crippen LogP contribution >= 0.6 is 0 Å². The summed E-state index contributed by atoms with van der Waals surface area (Å²) < 4.78 is 12.2. The Kier molecular flexibility index (Phi) is 9.91. The monoisotopic (exact) mass is 455 g/mol. The normalized spacial score (nSPS) is 10.7. The van der Waals surface area contributed by atoms with Gasteiger partial charge in [0.2, 0.25) is 11.8 Å². The third-order valence-electron chi connectivity index (χ3n) is 5.48. The quantitative estimate of drug-likeness (QED) is 0.477. The number of rotatable bonds is 12. The molecule has 2 aromatic rings. The molecule has 0 atom stereocenters. The molecule has 2 rings (SSSR count). The third kappa shape index (κ3) is 7.07. The van der Waals surface area contributed by atoms with Crippen molar-refractivity contribution in [2.75, 3.05) is 51.1 Å². The highest BCUT2D eigenvalue weighted by Gasteiger charge is 2.21. The van der Waals surface area contributed by atoms with Gasteiger partial charge in [0, 0.05) is 31.6 Å². The highest BCUT2D eigenvalue weighted by Crippen LogP contribution is 2.26. The lowest BCUT2D eigenvalue weighted by Gasteiger charge is -2.20. The molecule has 1 heterocycles. The summed E-state index contributed by atoms with van der Waals surface area (Å²) in [5.74, 6) is 0.694. The molecule has 33 heavy (non-hydrogen) atoms. The molecule has 2 N–H and O–H groups in total. The molecule has 2 amide bonds. The molecule has 0 spiro atoms. The van der Waals surface area contributed by atoms with Crippen molar-refractivity contribution >= 4 is 23.3 Å². The van der Waals surface area contributed by atoms with Gasteiger partial charge in [-0.15, -0.1) is 0 Å². The number of likely N-dealkylation sites (N-methyl/N-ethyl adjacent to an activating group) is 1. The molecule has 9 heteroatoms. The fraction of sp³-hybridized carbons (Fsp3) is 0.458. The Labute approximate surface area is 195 Å². The fourth-order valence-corrected chi connectivity index (χ4v) is 3.51. The molecule has 0 saturated heterocycles. The summed E-state index contributed by atoms with van der Waals surface area (Å²) in [7, 11) is 3.22. The Balaban J connectivity index is 2.03. The molecule has 1 aromatic heterocycles. The van der Waals surface area contributed by atoms with E-state index in [4.69, 9.17) is 9.47 Å². The van der Waals surface area contributed by atoms with E-state index in [-0.39, 0.29) is 24.9 Å². The molecular weight excluding hydrogens is 422 g/mol. The molecular formula is C24H33N5O4. The van der Waals surface area contributed by atoms with Gasteiger partial charge in [-0.05, 0) is 56.6 Å². The van der Waals surface area contributed by atoms with E-state index in [1.165, 1.54) is 0 Å². The second-order valence-corrected chi connectivity index (χ2v) is 7.67. The first-order valence-corrected chi connectivity index (χ1v) is 10.9. The zero-order valence-electron chi connectivity index (χ0n) is 20.0. The van der Waals surface area contributed by atoms with Crippen LogP contribution in [0.25, 0.3) is 0 Å². The van der Waals surface area contributed by atoms with Crippen molar-refractivity contribution < 1.29 is 19.1 Å². The Bertz CT molecular complexity index is 992. The summed E-state index contributed by atoms with van der Waals surface area (Å²) >= 11 is 0. The van der Waals surface area contributed by atoms with Gasteiger partial charge in [0.25, 0.3) is 0 Å². The smallest absolute Gasteiger partial charge is 0.239 e. The van der Waals surface area contributed by atoms with Crippen molar-refractivity contribution in [2.24, 2.45) is 0 Å². The zero-order valence-corrected chi connectivity index (χ0v) is 20.0. The molecule has 0 aliphatic rings. The number of methoxy groups -OCH3 is 2. The van der Waals surface area contributed by atoms with Crippen LogP contribution in [-0.4, -0.2) is 61.7 Å². The second-order valence-electron chi connectivity index (χ2n) is 7.67. The Morgan fingerprint density at radius 2 is 1.73 bits per heavy atom. The summed E-state index contributed by atoms with van der Waals surface area (Å²) in [4.78, 5) is 27.0. The molecule has 0 aliphatic heterocycles. The number of amides is 2. The van der Waals surface area contributed by atoms with E-state index in [0.717, 1.165) is 17.7 Å². The lowest BCUT2D eigenvalue weighted by molar-refractivity contribution is -0.119. The van der Waals surface area contributed by atoms with Gasteiger partial charge < -0.3 is 24.7 Å². The number of carbonyl (C=O) groups excluding carboxylic acids is 2. The number of nitrogens with one attached hydrogen (secondary N) is 2. The Morgan fingerprint density at radius 1 is 1.09 bits per heavy atom. The van der Waals surface area contributed by atoms with Gasteiger partial charge in [-0.2, -0.15) is 5.26 Å². The van der Waals surface area contributed by atoms with Crippen LogP contribution in [0.1, 0.15) is 30.2 Å². The number of anilines is 2. The van der Waals surface area contributed by atoms with E-state index in [0.29, 0.717) is 42.5 Å². The Morgan fingerprint density at radius 3 is 2.27 bits per heavy atom. The minimum absolute atomic E-state index is 0.0265. The summed E-state index contributed by atoms with van der Waals surface area (Å²) in [6.07, 6.45) is 0.756. The van der Waals surface area contributed by atoms with Crippen molar-refractivity contribution in [1.82, 2.24) is 9.47 Å². The van der Waals surface area contributed by atoms with Crippen molar-refractivity contribution in [3.05, 3.63) is 41.1 Å². The average molecular weight is 456 g/mol. The topological polar surface area (TPSA) is 109 Å². The summed E-state index contributed by atoms with van der Waals surface area (Å²) in [6.45, 7) is 7.50. The van der Waals surface area contributed by atoms with E-state index in [1.807, 2.05) is 25.3 Å². The highest BCUT2D eigenvalue weighted by atomic mass is 16.5. The van der Waals surface area contributed by atoms with Crippen LogP contribution in [0, 0.1) is 25.2 Å². The zero-order chi connectivity index (χ0) is 24.4. The van der Waals surface area contributed by atoms with Crippen molar-refractivity contribution in [3.8, 4) is 11.8 Å². The molecule has 9 nitrogen and oxygen atoms in total. The van der Waals surface area contributed by atoms with Crippen LogP contribution in [0.3, 0.4) is 0 Å². The largest absolute Gasteiger partial charge is 0.497 e. The lowest BCUT2D eigenvalue weighted by atomic mass is 10.2. The number of benzene rings is 1. The molecule has 0 fully saturated rings. The van der Waals surface area contributed by atoms with Crippen LogP contribution in [-0.2, 0) is 20.9 Å². The van der Waals surface area contributed by atoms with Crippen molar-refractivity contribution in [1.29, 1.82) is 5.26 Å². The maximum Gasteiger partial charge on any atom is 0.239 e. The SMILES string of the molecule is CCN(CC(=O)Nc1ccc(OC)cc1)CC(=O)Nc1c(C#N)c(C)c(C)n1CCCOC. The van der Waals surface area contributed by atoms with Gasteiger partial charge in [0.05, 0.1) is 25.8 Å². The molecule has 0 bridgehead atoms. The van der Waals surface area contributed by atoms with Crippen molar-refractivity contribution in [3.63, 3.8) is 0 Å². The van der Waals surface area contributed by atoms with E-state index in [9.17, 15) is 14.9 Å². The molecule has 1 aromatic carbocycles. The first-order chi connectivity index (χ1) is 15.8. The summed E-state index contributed by atoms with van der Waals surface area (Å²) in [6, 6.07) is 9.24. The van der Waals surface area contributed by atoms with Crippen LogP contribution < -0.4 is 15.4 Å². The van der Waals surface area contributed by atoms with Gasteiger partial charge in [0.15, 0.2) is 0 Å². The highest BCUT2D eigenvalue weighted by molar-refractivity contribution is 5.95. The van der Waals surface area contributed by atoms with Crippen LogP contribution in [0.2, 0.25) is 0 Å². The Hall–Kier alpha value is -3.35. The van der Waals surface area contributed by atoms with E-state index in [2.05, 4.69) is 16.7 Å². The first-order valence-electron chi connectivity index (χ1n) is 10.9. The predicted molar refractivity (Wildman–Crippen MR) is 127 cm³/mol.